The zero-order valence-electron chi connectivity index (χ0n) is 10.3. The van der Waals surface area contributed by atoms with E-state index in [1.54, 1.807) is 0 Å². The van der Waals surface area contributed by atoms with Gasteiger partial charge in [-0.05, 0) is 49.6 Å². The van der Waals surface area contributed by atoms with Gasteiger partial charge in [0.2, 0.25) is 0 Å². The molecule has 16 heavy (non-hydrogen) atoms. The molecule has 0 aromatic heterocycles. The van der Waals surface area contributed by atoms with Crippen molar-refractivity contribution in [3.63, 3.8) is 0 Å². The van der Waals surface area contributed by atoms with Crippen LogP contribution in [0.2, 0.25) is 0 Å². The highest BCUT2D eigenvalue weighted by molar-refractivity contribution is 5.40. The first kappa shape index (κ1) is 13.0. The lowest BCUT2D eigenvalue weighted by Crippen LogP contribution is -2.24. The Morgan fingerprint density at radius 1 is 1.12 bits per heavy atom. The van der Waals surface area contributed by atoms with Gasteiger partial charge >= 0.3 is 0 Å². The Hall–Kier alpha value is -1.06. The Morgan fingerprint density at radius 2 is 1.75 bits per heavy atom. The Kier molecular flexibility index (Phi) is 5.29. The van der Waals surface area contributed by atoms with Gasteiger partial charge in [-0.2, -0.15) is 0 Å². The molecule has 0 radical (unpaired) electrons. The molecular formula is C13H21NO2. The predicted molar refractivity (Wildman–Crippen MR) is 66.1 cm³/mol. The Balaban J connectivity index is 2.43. The van der Waals surface area contributed by atoms with Crippen LogP contribution in [-0.2, 0) is 0 Å². The predicted octanol–water partition coefficient (Wildman–Crippen LogP) is 1.57. The zero-order chi connectivity index (χ0) is 12.0. The van der Waals surface area contributed by atoms with E-state index in [0.717, 1.165) is 12.3 Å². The van der Waals surface area contributed by atoms with Crippen molar-refractivity contribution < 1.29 is 9.84 Å². The van der Waals surface area contributed by atoms with Crippen molar-refractivity contribution in [3.8, 4) is 5.75 Å². The van der Waals surface area contributed by atoms with Gasteiger partial charge in [0.1, 0.15) is 12.4 Å². The van der Waals surface area contributed by atoms with E-state index < -0.39 is 0 Å². The van der Waals surface area contributed by atoms with Crippen molar-refractivity contribution in [2.45, 2.75) is 20.8 Å². The molecule has 0 aliphatic rings. The molecule has 0 bridgehead atoms. The fourth-order valence-electron chi connectivity index (χ4n) is 1.52. The summed E-state index contributed by atoms with van der Waals surface area (Å²) in [6, 6.07) is 4.13. The third-order valence-corrected chi connectivity index (χ3v) is 2.74. The normalized spacial score (nSPS) is 10.5. The number of aryl methyl sites for hydroxylation is 2. The van der Waals surface area contributed by atoms with Crippen molar-refractivity contribution in [2.24, 2.45) is 0 Å². The first-order valence-electron chi connectivity index (χ1n) is 5.67. The monoisotopic (exact) mass is 223 g/mol. The minimum absolute atomic E-state index is 0.169. The van der Waals surface area contributed by atoms with Crippen molar-refractivity contribution in [2.75, 3.05) is 26.3 Å². The smallest absolute Gasteiger partial charge is 0.119 e. The van der Waals surface area contributed by atoms with Gasteiger partial charge in [-0.15, -0.1) is 0 Å². The van der Waals surface area contributed by atoms with Gasteiger partial charge in [-0.3, -0.25) is 0 Å². The molecule has 0 amide bonds. The number of rotatable bonds is 6. The van der Waals surface area contributed by atoms with E-state index in [9.17, 15) is 0 Å². The van der Waals surface area contributed by atoms with Gasteiger partial charge in [0.05, 0.1) is 6.61 Å². The van der Waals surface area contributed by atoms with Crippen molar-refractivity contribution in [1.29, 1.82) is 0 Å². The number of aliphatic hydroxyl groups excluding tert-OH is 1. The molecule has 3 nitrogen and oxygen atoms in total. The molecule has 1 aromatic carbocycles. The van der Waals surface area contributed by atoms with Gasteiger partial charge in [-0.1, -0.05) is 0 Å². The number of aliphatic hydroxyl groups is 1. The molecular weight excluding hydrogens is 202 g/mol. The van der Waals surface area contributed by atoms with Crippen LogP contribution in [0.4, 0.5) is 0 Å². The van der Waals surface area contributed by atoms with E-state index in [1.165, 1.54) is 16.7 Å². The first-order valence-corrected chi connectivity index (χ1v) is 5.67. The molecule has 90 valence electrons. The molecule has 0 aliphatic carbocycles. The maximum Gasteiger partial charge on any atom is 0.119 e. The van der Waals surface area contributed by atoms with Gasteiger partial charge < -0.3 is 15.2 Å². The molecule has 0 heterocycles. The van der Waals surface area contributed by atoms with Crippen LogP contribution >= 0.6 is 0 Å². The van der Waals surface area contributed by atoms with Crippen LogP contribution in [-0.4, -0.2) is 31.4 Å². The Bertz CT molecular complexity index is 314. The SMILES string of the molecule is Cc1cc(OCCNCCO)cc(C)c1C. The third kappa shape index (κ3) is 3.83. The van der Waals surface area contributed by atoms with E-state index in [-0.39, 0.29) is 6.61 Å². The molecule has 1 aromatic rings. The summed E-state index contributed by atoms with van der Waals surface area (Å²) in [5.74, 6) is 0.923. The van der Waals surface area contributed by atoms with E-state index in [2.05, 4.69) is 38.2 Å². The largest absolute Gasteiger partial charge is 0.492 e. The highest BCUT2D eigenvalue weighted by Crippen LogP contribution is 2.20. The highest BCUT2D eigenvalue weighted by atomic mass is 16.5. The summed E-state index contributed by atoms with van der Waals surface area (Å²) in [5.41, 5.74) is 3.85. The molecule has 0 spiro atoms. The summed E-state index contributed by atoms with van der Waals surface area (Å²) >= 11 is 0. The molecule has 0 fully saturated rings. The number of hydrogen-bond acceptors (Lipinski definition) is 3. The van der Waals surface area contributed by atoms with Gasteiger partial charge in [0.15, 0.2) is 0 Å². The summed E-state index contributed by atoms with van der Waals surface area (Å²) in [6.07, 6.45) is 0. The maximum absolute atomic E-state index is 8.58. The van der Waals surface area contributed by atoms with E-state index in [1.807, 2.05) is 0 Å². The molecule has 1 rings (SSSR count). The summed E-state index contributed by atoms with van der Waals surface area (Å²) in [4.78, 5) is 0. The lowest BCUT2D eigenvalue weighted by Gasteiger charge is -2.11. The van der Waals surface area contributed by atoms with Crippen molar-refractivity contribution in [1.82, 2.24) is 5.32 Å². The summed E-state index contributed by atoms with van der Waals surface area (Å²) in [5, 5.41) is 11.7. The van der Waals surface area contributed by atoms with E-state index >= 15 is 0 Å². The molecule has 0 atom stereocenters. The second kappa shape index (κ2) is 6.51. The zero-order valence-corrected chi connectivity index (χ0v) is 10.3. The number of benzene rings is 1. The molecule has 0 aliphatic heterocycles. The Morgan fingerprint density at radius 3 is 2.31 bits per heavy atom. The topological polar surface area (TPSA) is 41.5 Å². The standard InChI is InChI=1S/C13H21NO2/c1-10-8-13(9-11(2)12(10)3)16-7-5-14-4-6-15/h8-9,14-15H,4-7H2,1-3H3. The highest BCUT2D eigenvalue weighted by Gasteiger charge is 2.01. The average molecular weight is 223 g/mol. The van der Waals surface area contributed by atoms with Gasteiger partial charge in [0, 0.05) is 13.1 Å². The third-order valence-electron chi connectivity index (χ3n) is 2.74. The van der Waals surface area contributed by atoms with E-state index in [0.29, 0.717) is 13.2 Å². The quantitative estimate of drug-likeness (QED) is 0.719. The van der Waals surface area contributed by atoms with Crippen LogP contribution in [0.3, 0.4) is 0 Å². The number of hydrogen-bond donors (Lipinski definition) is 2. The summed E-state index contributed by atoms with van der Waals surface area (Å²) in [6.45, 7) is 8.49. The molecule has 2 N–H and O–H groups in total. The second-order valence-electron chi connectivity index (χ2n) is 4.00. The van der Waals surface area contributed by atoms with Crippen molar-refractivity contribution in [3.05, 3.63) is 28.8 Å². The average Bonchev–Trinajstić information content (AvgIpc) is 2.25. The van der Waals surface area contributed by atoms with Gasteiger partial charge in [-0.25, -0.2) is 0 Å². The second-order valence-corrected chi connectivity index (χ2v) is 4.00. The van der Waals surface area contributed by atoms with Gasteiger partial charge in [0.25, 0.3) is 0 Å². The number of nitrogens with one attached hydrogen (secondary N) is 1. The minimum atomic E-state index is 0.169. The maximum atomic E-state index is 8.58. The van der Waals surface area contributed by atoms with Crippen LogP contribution in [0.15, 0.2) is 12.1 Å². The first-order chi connectivity index (χ1) is 7.65. The summed E-state index contributed by atoms with van der Waals surface area (Å²) < 4.78 is 5.63. The van der Waals surface area contributed by atoms with E-state index in [4.69, 9.17) is 9.84 Å². The molecule has 0 saturated heterocycles. The molecule has 0 saturated carbocycles. The van der Waals surface area contributed by atoms with Crippen LogP contribution < -0.4 is 10.1 Å². The Labute approximate surface area is 97.4 Å². The minimum Gasteiger partial charge on any atom is -0.492 e. The van der Waals surface area contributed by atoms with Crippen LogP contribution in [0.5, 0.6) is 5.75 Å². The molecule has 3 heteroatoms. The number of ether oxygens (including phenoxy) is 1. The molecule has 0 unspecified atom stereocenters. The van der Waals surface area contributed by atoms with Crippen molar-refractivity contribution >= 4 is 0 Å². The fourth-order valence-corrected chi connectivity index (χ4v) is 1.52. The lowest BCUT2D eigenvalue weighted by molar-refractivity contribution is 0.276. The lowest BCUT2D eigenvalue weighted by atomic mass is 10.0. The van der Waals surface area contributed by atoms with Crippen LogP contribution in [0.25, 0.3) is 0 Å². The van der Waals surface area contributed by atoms with Crippen LogP contribution in [0, 0.1) is 20.8 Å². The van der Waals surface area contributed by atoms with Crippen LogP contribution in [0.1, 0.15) is 16.7 Å². The fraction of sp³-hybridized carbons (Fsp3) is 0.538. The summed E-state index contributed by atoms with van der Waals surface area (Å²) in [7, 11) is 0.